The van der Waals surface area contributed by atoms with Gasteiger partial charge in [-0.25, -0.2) is 9.59 Å². The fraction of sp³-hybridized carbons (Fsp3) is 0.286. The second-order valence-corrected chi connectivity index (χ2v) is 6.35. The first-order chi connectivity index (χ1) is 13.5. The molecule has 0 spiro atoms. The molecular weight excluding hydrogens is 362 g/mol. The van der Waals surface area contributed by atoms with Crippen molar-refractivity contribution in [3.8, 4) is 5.75 Å². The summed E-state index contributed by atoms with van der Waals surface area (Å²) in [6, 6.07) is 14.6. The van der Waals surface area contributed by atoms with Crippen LogP contribution in [0, 0.1) is 0 Å². The molecule has 1 amide bonds. The number of rotatable bonds is 5. The highest BCUT2D eigenvalue weighted by Gasteiger charge is 2.41. The van der Waals surface area contributed by atoms with Crippen LogP contribution in [0.3, 0.4) is 0 Å². The molecule has 0 aromatic heterocycles. The number of likely N-dealkylation sites (tertiary alicyclic amines) is 1. The number of methoxy groups -OCH3 is 2. The molecule has 7 heteroatoms. The van der Waals surface area contributed by atoms with Gasteiger partial charge in [-0.15, -0.1) is 0 Å². The normalized spacial score (nSPS) is 18.4. The van der Waals surface area contributed by atoms with Gasteiger partial charge in [-0.05, 0) is 36.4 Å². The summed E-state index contributed by atoms with van der Waals surface area (Å²) in [6.45, 7) is 0.256. The van der Waals surface area contributed by atoms with E-state index < -0.39 is 18.0 Å². The molecule has 1 fully saturated rings. The Hall–Kier alpha value is -3.35. The van der Waals surface area contributed by atoms with Gasteiger partial charge >= 0.3 is 11.9 Å². The van der Waals surface area contributed by atoms with Crippen LogP contribution in [0.4, 0.5) is 0 Å². The van der Waals surface area contributed by atoms with Crippen LogP contribution in [-0.4, -0.2) is 55.7 Å². The number of hydrogen-bond donors (Lipinski definition) is 0. The van der Waals surface area contributed by atoms with E-state index in [-0.39, 0.29) is 18.6 Å². The zero-order valence-electron chi connectivity index (χ0n) is 15.7. The lowest BCUT2D eigenvalue weighted by Gasteiger charge is -2.22. The summed E-state index contributed by atoms with van der Waals surface area (Å²) in [5.41, 5.74) is 0.911. The number of carbonyl (C=O) groups excluding carboxylic acids is 3. The van der Waals surface area contributed by atoms with Gasteiger partial charge in [0.15, 0.2) is 0 Å². The lowest BCUT2D eigenvalue weighted by molar-refractivity contribution is -0.145. The highest BCUT2D eigenvalue weighted by atomic mass is 16.5. The van der Waals surface area contributed by atoms with Crippen molar-refractivity contribution in [2.75, 3.05) is 20.8 Å². The van der Waals surface area contributed by atoms with E-state index in [2.05, 4.69) is 4.74 Å². The predicted octanol–water partition coefficient (Wildman–Crippen LogP) is 2.31. The molecule has 0 bridgehead atoms. The first-order valence-corrected chi connectivity index (χ1v) is 8.82. The molecule has 28 heavy (non-hydrogen) atoms. The van der Waals surface area contributed by atoms with Crippen LogP contribution in [0.1, 0.15) is 27.1 Å². The minimum atomic E-state index is -0.711. The molecule has 1 saturated heterocycles. The minimum Gasteiger partial charge on any atom is -0.488 e. The average molecular weight is 383 g/mol. The number of benzene rings is 2. The molecule has 0 radical (unpaired) electrons. The third-order valence-electron chi connectivity index (χ3n) is 4.60. The third-order valence-corrected chi connectivity index (χ3v) is 4.60. The minimum absolute atomic E-state index is 0.247. The molecule has 1 heterocycles. The molecule has 2 atom stereocenters. The molecule has 7 nitrogen and oxygen atoms in total. The molecule has 0 aliphatic carbocycles. The zero-order chi connectivity index (χ0) is 20.1. The quantitative estimate of drug-likeness (QED) is 0.737. The third kappa shape index (κ3) is 4.14. The molecule has 0 saturated carbocycles. The van der Waals surface area contributed by atoms with Crippen molar-refractivity contribution in [3.05, 3.63) is 65.7 Å². The van der Waals surface area contributed by atoms with E-state index in [4.69, 9.17) is 9.47 Å². The van der Waals surface area contributed by atoms with Gasteiger partial charge in [-0.2, -0.15) is 0 Å². The van der Waals surface area contributed by atoms with Crippen LogP contribution in [0.2, 0.25) is 0 Å². The fourth-order valence-electron chi connectivity index (χ4n) is 3.19. The van der Waals surface area contributed by atoms with Crippen molar-refractivity contribution in [2.24, 2.45) is 0 Å². The van der Waals surface area contributed by atoms with E-state index in [1.165, 1.54) is 19.1 Å². The van der Waals surface area contributed by atoms with Gasteiger partial charge in [0.05, 0.1) is 26.3 Å². The number of carbonyl (C=O) groups is 3. The van der Waals surface area contributed by atoms with Crippen molar-refractivity contribution in [1.82, 2.24) is 4.90 Å². The van der Waals surface area contributed by atoms with Crippen molar-refractivity contribution in [2.45, 2.75) is 18.6 Å². The summed E-state index contributed by atoms with van der Waals surface area (Å²) in [5.74, 6) is -0.618. The van der Waals surface area contributed by atoms with Gasteiger partial charge in [0.2, 0.25) is 0 Å². The molecule has 146 valence electrons. The van der Waals surface area contributed by atoms with Gasteiger partial charge in [-0.3, -0.25) is 4.79 Å². The monoisotopic (exact) mass is 383 g/mol. The lowest BCUT2D eigenvalue weighted by atomic mass is 10.1. The topological polar surface area (TPSA) is 82.1 Å². The maximum Gasteiger partial charge on any atom is 0.337 e. The Balaban J connectivity index is 1.74. The number of nitrogens with zero attached hydrogens (tertiary/aromatic N) is 1. The van der Waals surface area contributed by atoms with Gasteiger partial charge in [0, 0.05) is 12.0 Å². The Kier molecular flexibility index (Phi) is 5.93. The van der Waals surface area contributed by atoms with Gasteiger partial charge in [0.1, 0.15) is 17.9 Å². The lowest BCUT2D eigenvalue weighted by Crippen LogP contribution is -2.41. The number of esters is 2. The van der Waals surface area contributed by atoms with E-state index in [0.717, 1.165) is 0 Å². The molecule has 1 aliphatic heterocycles. The van der Waals surface area contributed by atoms with Gasteiger partial charge < -0.3 is 19.1 Å². The maximum absolute atomic E-state index is 12.8. The first-order valence-electron chi connectivity index (χ1n) is 8.82. The Morgan fingerprint density at radius 1 is 0.893 bits per heavy atom. The molecule has 3 rings (SSSR count). The van der Waals surface area contributed by atoms with Crippen molar-refractivity contribution >= 4 is 17.8 Å². The van der Waals surface area contributed by atoms with E-state index in [0.29, 0.717) is 23.3 Å². The van der Waals surface area contributed by atoms with Crippen LogP contribution in [-0.2, 0) is 14.3 Å². The molecule has 0 N–H and O–H groups in total. The standard InChI is InChI=1S/C21H21NO6/c1-26-20(24)15-8-10-16(11-9-15)28-17-12-18(21(25)27-2)22(13-17)19(23)14-6-4-3-5-7-14/h3-11,17-18H,12-13H2,1-2H3. The Labute approximate surface area is 162 Å². The van der Waals surface area contributed by atoms with Crippen LogP contribution >= 0.6 is 0 Å². The maximum atomic E-state index is 12.8. The van der Waals surface area contributed by atoms with E-state index in [1.807, 2.05) is 6.07 Å². The average Bonchev–Trinajstić information content (AvgIpc) is 3.17. The zero-order valence-corrected chi connectivity index (χ0v) is 15.7. The molecule has 2 aromatic carbocycles. The summed E-state index contributed by atoms with van der Waals surface area (Å²) >= 11 is 0. The van der Waals surface area contributed by atoms with Crippen LogP contribution in [0.25, 0.3) is 0 Å². The van der Waals surface area contributed by atoms with Crippen molar-refractivity contribution in [1.29, 1.82) is 0 Å². The number of hydrogen-bond acceptors (Lipinski definition) is 6. The Morgan fingerprint density at radius 3 is 2.18 bits per heavy atom. The van der Waals surface area contributed by atoms with E-state index >= 15 is 0 Å². The predicted molar refractivity (Wildman–Crippen MR) is 100 cm³/mol. The van der Waals surface area contributed by atoms with Crippen molar-refractivity contribution < 1.29 is 28.6 Å². The van der Waals surface area contributed by atoms with Gasteiger partial charge in [-0.1, -0.05) is 18.2 Å². The van der Waals surface area contributed by atoms with Gasteiger partial charge in [0.25, 0.3) is 5.91 Å². The summed E-state index contributed by atoms with van der Waals surface area (Å²) in [7, 11) is 2.61. The summed E-state index contributed by atoms with van der Waals surface area (Å²) in [4.78, 5) is 38.0. The largest absolute Gasteiger partial charge is 0.488 e. The molecule has 1 aliphatic rings. The highest BCUT2D eigenvalue weighted by molar-refractivity contribution is 5.97. The van der Waals surface area contributed by atoms with Crippen LogP contribution in [0.15, 0.2) is 54.6 Å². The van der Waals surface area contributed by atoms with E-state index in [9.17, 15) is 14.4 Å². The number of amides is 1. The second-order valence-electron chi connectivity index (χ2n) is 6.35. The molecule has 2 aromatic rings. The fourth-order valence-corrected chi connectivity index (χ4v) is 3.19. The van der Waals surface area contributed by atoms with Crippen LogP contribution < -0.4 is 4.74 Å². The summed E-state index contributed by atoms with van der Waals surface area (Å²) in [5, 5.41) is 0. The molecule has 2 unspecified atom stereocenters. The number of ether oxygens (including phenoxy) is 3. The summed E-state index contributed by atoms with van der Waals surface area (Å²) in [6.07, 6.45) is -0.0509. The smallest absolute Gasteiger partial charge is 0.337 e. The van der Waals surface area contributed by atoms with Crippen LogP contribution in [0.5, 0.6) is 5.75 Å². The Morgan fingerprint density at radius 2 is 1.57 bits per heavy atom. The SMILES string of the molecule is COC(=O)c1ccc(OC2CC(C(=O)OC)N(C(=O)c3ccccc3)C2)cc1. The highest BCUT2D eigenvalue weighted by Crippen LogP contribution is 2.26. The summed E-state index contributed by atoms with van der Waals surface area (Å²) < 4.78 is 15.5. The van der Waals surface area contributed by atoms with Crippen molar-refractivity contribution in [3.63, 3.8) is 0 Å². The first kappa shape index (κ1) is 19.4. The molecular formula is C21H21NO6. The Bertz CT molecular complexity index is 849. The van der Waals surface area contributed by atoms with E-state index in [1.54, 1.807) is 48.5 Å². The second kappa shape index (κ2) is 8.56.